The molecule has 0 bridgehead atoms. The van der Waals surface area contributed by atoms with Gasteiger partial charge in [0.25, 0.3) is 11.8 Å². The molecular formula is C23H21ClN2O4. The van der Waals surface area contributed by atoms with Crippen LogP contribution in [-0.2, 0) is 4.79 Å². The van der Waals surface area contributed by atoms with Crippen LogP contribution >= 0.6 is 11.6 Å². The van der Waals surface area contributed by atoms with Gasteiger partial charge < -0.3 is 20.2 Å². The number of halogens is 1. The van der Waals surface area contributed by atoms with E-state index in [2.05, 4.69) is 10.6 Å². The summed E-state index contributed by atoms with van der Waals surface area (Å²) in [5, 5.41) is 14.7. The van der Waals surface area contributed by atoms with Crippen LogP contribution in [0, 0.1) is 6.92 Å². The van der Waals surface area contributed by atoms with Crippen LogP contribution in [0.25, 0.3) is 17.4 Å². The third-order valence-corrected chi connectivity index (χ3v) is 4.50. The first-order chi connectivity index (χ1) is 14.5. The molecule has 0 fully saturated rings. The first-order valence-corrected chi connectivity index (χ1v) is 9.68. The number of carbonyl (C=O) groups excluding carboxylic acids is 2. The first kappa shape index (κ1) is 21.4. The van der Waals surface area contributed by atoms with Gasteiger partial charge in [0.05, 0.1) is 6.61 Å². The summed E-state index contributed by atoms with van der Waals surface area (Å²) < 4.78 is 5.80. The van der Waals surface area contributed by atoms with Crippen LogP contribution < -0.4 is 10.6 Å². The lowest BCUT2D eigenvalue weighted by atomic mass is 10.1. The molecule has 0 radical (unpaired) electrons. The Bertz CT molecular complexity index is 1050. The topological polar surface area (TPSA) is 91.6 Å². The largest absolute Gasteiger partial charge is 0.457 e. The highest BCUT2D eigenvalue weighted by molar-refractivity contribution is 6.30. The monoisotopic (exact) mass is 424 g/mol. The van der Waals surface area contributed by atoms with Gasteiger partial charge in [-0.3, -0.25) is 9.59 Å². The molecule has 2 aromatic carbocycles. The Kier molecular flexibility index (Phi) is 7.06. The van der Waals surface area contributed by atoms with Crippen molar-refractivity contribution in [2.24, 2.45) is 0 Å². The molecule has 0 unspecified atom stereocenters. The van der Waals surface area contributed by atoms with Crippen molar-refractivity contribution in [2.45, 2.75) is 6.92 Å². The summed E-state index contributed by atoms with van der Waals surface area (Å²) in [6.07, 6.45) is 1.44. The minimum absolute atomic E-state index is 0.00558. The molecule has 0 aliphatic heterocycles. The summed E-state index contributed by atoms with van der Waals surface area (Å²) in [4.78, 5) is 25.0. The van der Waals surface area contributed by atoms with Gasteiger partial charge in [-0.15, -0.1) is 0 Å². The molecule has 1 aromatic heterocycles. The number of aryl methyl sites for hydroxylation is 1. The van der Waals surface area contributed by atoms with Crippen LogP contribution in [0.1, 0.15) is 21.7 Å². The molecule has 7 heteroatoms. The fourth-order valence-electron chi connectivity index (χ4n) is 2.66. The van der Waals surface area contributed by atoms with Crippen molar-refractivity contribution >= 4 is 29.5 Å². The lowest BCUT2D eigenvalue weighted by Gasteiger charge is -2.10. The van der Waals surface area contributed by atoms with Gasteiger partial charge in [-0.05, 0) is 55.5 Å². The number of hydrogen-bond acceptors (Lipinski definition) is 4. The molecule has 154 valence electrons. The van der Waals surface area contributed by atoms with Gasteiger partial charge in [-0.1, -0.05) is 29.3 Å². The summed E-state index contributed by atoms with van der Waals surface area (Å²) in [5.41, 5.74) is 2.27. The molecule has 0 spiro atoms. The Balaban J connectivity index is 1.85. The average molecular weight is 425 g/mol. The van der Waals surface area contributed by atoms with Crippen molar-refractivity contribution in [1.29, 1.82) is 0 Å². The lowest BCUT2D eigenvalue weighted by molar-refractivity contribution is -0.117. The van der Waals surface area contributed by atoms with Gasteiger partial charge >= 0.3 is 0 Å². The zero-order valence-corrected chi connectivity index (χ0v) is 17.1. The van der Waals surface area contributed by atoms with E-state index >= 15 is 0 Å². The van der Waals surface area contributed by atoms with Gasteiger partial charge in [-0.2, -0.15) is 0 Å². The zero-order valence-electron chi connectivity index (χ0n) is 16.3. The Morgan fingerprint density at radius 2 is 1.73 bits per heavy atom. The third-order valence-electron chi connectivity index (χ3n) is 4.25. The quantitative estimate of drug-likeness (QED) is 0.503. The van der Waals surface area contributed by atoms with Crippen molar-refractivity contribution in [3.8, 4) is 11.3 Å². The highest BCUT2D eigenvalue weighted by Crippen LogP contribution is 2.24. The summed E-state index contributed by atoms with van der Waals surface area (Å²) >= 11 is 5.91. The van der Waals surface area contributed by atoms with Crippen LogP contribution in [0.2, 0.25) is 5.02 Å². The molecule has 0 aliphatic carbocycles. The van der Waals surface area contributed by atoms with Gasteiger partial charge in [-0.25, -0.2) is 0 Å². The minimum Gasteiger partial charge on any atom is -0.457 e. The number of amides is 2. The van der Waals surface area contributed by atoms with E-state index in [1.807, 2.05) is 31.2 Å². The number of nitrogens with one attached hydrogen (secondary N) is 2. The van der Waals surface area contributed by atoms with Gasteiger partial charge in [0, 0.05) is 28.8 Å². The highest BCUT2D eigenvalue weighted by atomic mass is 35.5. The fraction of sp³-hybridized carbons (Fsp3) is 0.130. The molecule has 0 saturated carbocycles. The van der Waals surface area contributed by atoms with Crippen molar-refractivity contribution in [1.82, 2.24) is 10.6 Å². The van der Waals surface area contributed by atoms with Crippen molar-refractivity contribution < 1.29 is 19.1 Å². The predicted molar refractivity (Wildman–Crippen MR) is 116 cm³/mol. The van der Waals surface area contributed by atoms with Crippen LogP contribution in [0.15, 0.2) is 70.8 Å². The van der Waals surface area contributed by atoms with Gasteiger partial charge in [0.15, 0.2) is 0 Å². The number of carbonyl (C=O) groups is 2. The Labute approximate surface area is 179 Å². The van der Waals surface area contributed by atoms with Crippen molar-refractivity contribution in [3.63, 3.8) is 0 Å². The molecular weight excluding hydrogens is 404 g/mol. The van der Waals surface area contributed by atoms with E-state index in [9.17, 15) is 9.59 Å². The Morgan fingerprint density at radius 1 is 1.03 bits per heavy atom. The van der Waals surface area contributed by atoms with Crippen molar-refractivity contribution in [2.75, 3.05) is 13.2 Å². The molecule has 0 aliphatic rings. The second kappa shape index (κ2) is 9.91. The fourth-order valence-corrected chi connectivity index (χ4v) is 2.79. The summed E-state index contributed by atoms with van der Waals surface area (Å²) in [5.74, 6) is 0.0232. The first-order valence-electron chi connectivity index (χ1n) is 9.31. The SMILES string of the molecule is Cc1ccc(C(=O)N/C(=C\c2ccc(-c3ccc(Cl)cc3)o2)C(=O)NCCO)cc1. The second-order valence-corrected chi connectivity index (χ2v) is 7.00. The summed E-state index contributed by atoms with van der Waals surface area (Å²) in [6.45, 7) is 1.77. The van der Waals surface area contributed by atoms with E-state index in [-0.39, 0.29) is 18.8 Å². The zero-order chi connectivity index (χ0) is 21.5. The van der Waals surface area contributed by atoms with E-state index in [0.29, 0.717) is 22.1 Å². The van der Waals surface area contributed by atoms with Crippen LogP contribution in [-0.4, -0.2) is 30.1 Å². The molecule has 3 N–H and O–H groups in total. The molecule has 0 saturated heterocycles. The minimum atomic E-state index is -0.533. The molecule has 6 nitrogen and oxygen atoms in total. The second-order valence-electron chi connectivity index (χ2n) is 6.57. The van der Waals surface area contributed by atoms with E-state index in [1.165, 1.54) is 6.08 Å². The molecule has 3 aromatic rings. The van der Waals surface area contributed by atoms with Crippen LogP contribution in [0.3, 0.4) is 0 Å². The predicted octanol–water partition coefficient (Wildman–Crippen LogP) is 3.79. The van der Waals surface area contributed by atoms with E-state index in [4.69, 9.17) is 21.1 Å². The number of furan rings is 1. The van der Waals surface area contributed by atoms with Gasteiger partial charge in [0.1, 0.15) is 17.2 Å². The smallest absolute Gasteiger partial charge is 0.268 e. The lowest BCUT2D eigenvalue weighted by Crippen LogP contribution is -2.36. The maximum Gasteiger partial charge on any atom is 0.268 e. The standard InChI is InChI=1S/C23H21ClN2O4/c1-15-2-4-17(5-3-15)22(28)26-20(23(29)25-12-13-27)14-19-10-11-21(30-19)16-6-8-18(24)9-7-16/h2-11,14,27H,12-13H2,1H3,(H,25,29)(H,26,28)/b20-14-. The van der Waals surface area contributed by atoms with E-state index in [0.717, 1.165) is 11.1 Å². The van der Waals surface area contributed by atoms with Gasteiger partial charge in [0.2, 0.25) is 0 Å². The number of hydrogen-bond donors (Lipinski definition) is 3. The van der Waals surface area contributed by atoms with E-state index < -0.39 is 11.8 Å². The number of aliphatic hydroxyl groups excluding tert-OH is 1. The molecule has 30 heavy (non-hydrogen) atoms. The normalized spacial score (nSPS) is 11.2. The third kappa shape index (κ3) is 5.59. The highest BCUT2D eigenvalue weighted by Gasteiger charge is 2.15. The van der Waals surface area contributed by atoms with Crippen LogP contribution in [0.5, 0.6) is 0 Å². The molecule has 0 atom stereocenters. The van der Waals surface area contributed by atoms with Crippen LogP contribution in [0.4, 0.5) is 0 Å². The molecule has 3 rings (SSSR count). The van der Waals surface area contributed by atoms with Crippen molar-refractivity contribution in [3.05, 3.63) is 88.3 Å². The summed E-state index contributed by atoms with van der Waals surface area (Å²) in [7, 11) is 0. The maximum atomic E-state index is 12.6. The average Bonchev–Trinajstić information content (AvgIpc) is 3.21. The van der Waals surface area contributed by atoms with E-state index in [1.54, 1.807) is 36.4 Å². The Morgan fingerprint density at radius 3 is 2.40 bits per heavy atom. The molecule has 1 heterocycles. The molecule has 2 amide bonds. The summed E-state index contributed by atoms with van der Waals surface area (Å²) in [6, 6.07) is 17.6. The number of benzene rings is 2. The Hall–Kier alpha value is -3.35. The number of aliphatic hydroxyl groups is 1. The number of rotatable bonds is 7. The maximum absolute atomic E-state index is 12.6.